The minimum Gasteiger partial charge on any atom is -0.293 e. The first-order valence-electron chi connectivity index (χ1n) is 8.37. The molecule has 1 heterocycles. The Balaban J connectivity index is 0.000000641. The molecular weight excluding hydrogens is 472 g/mol. The van der Waals surface area contributed by atoms with Gasteiger partial charge in [-0.1, -0.05) is 5.92 Å². The van der Waals surface area contributed by atoms with Gasteiger partial charge in [0.2, 0.25) is 5.79 Å². The molecule has 2 nitrogen and oxygen atoms in total. The Labute approximate surface area is 191 Å². The van der Waals surface area contributed by atoms with E-state index in [2.05, 4.69) is 98.3 Å². The summed E-state index contributed by atoms with van der Waals surface area (Å²) in [6.07, 6.45) is -6.91. The molecule has 174 valence electrons. The number of terminal acetylenes is 1. The Morgan fingerprint density at radius 3 is 1.24 bits per heavy atom. The van der Waals surface area contributed by atoms with Crippen molar-refractivity contribution in [2.45, 2.75) is 50.6 Å². The van der Waals surface area contributed by atoms with Crippen molar-refractivity contribution in [2.24, 2.45) is 0 Å². The molecule has 2 atom stereocenters. The van der Waals surface area contributed by atoms with Gasteiger partial charge in [-0.25, -0.2) is 8.78 Å². The zero-order valence-electron chi connectivity index (χ0n) is 17.4. The standard InChI is InChI=1S/C17H4.C7H6F8O2/c1-3-5-7-9-11-13-15-17-16-14-12-10-8-6-4-2;1-3(8,9)4(2)16-5(10,6(11,12)13)7(14,15)17-4/h1H,2H3;1-2H3. The van der Waals surface area contributed by atoms with Gasteiger partial charge >= 0.3 is 18.1 Å². The van der Waals surface area contributed by atoms with Gasteiger partial charge in [-0.05, 0) is 96.7 Å². The fourth-order valence-corrected chi connectivity index (χ4v) is 1.50. The molecule has 0 N–H and O–H groups in total. The summed E-state index contributed by atoms with van der Waals surface area (Å²) in [4.78, 5) is 0. The van der Waals surface area contributed by atoms with Crippen LogP contribution in [0.3, 0.4) is 0 Å². The van der Waals surface area contributed by atoms with Crippen LogP contribution >= 0.6 is 0 Å². The van der Waals surface area contributed by atoms with Crippen LogP contribution in [0.2, 0.25) is 0 Å². The molecule has 0 spiro atoms. The van der Waals surface area contributed by atoms with Crippen LogP contribution < -0.4 is 0 Å². The van der Waals surface area contributed by atoms with Crippen LogP contribution in [0.4, 0.5) is 35.1 Å². The van der Waals surface area contributed by atoms with Gasteiger partial charge in [0, 0.05) is 6.92 Å². The second-order valence-electron chi connectivity index (χ2n) is 5.67. The highest BCUT2D eigenvalue weighted by atomic mass is 19.4. The molecule has 10 heteroatoms. The van der Waals surface area contributed by atoms with E-state index >= 15 is 0 Å². The lowest BCUT2D eigenvalue weighted by Gasteiger charge is -2.29. The lowest BCUT2D eigenvalue weighted by Crippen LogP contribution is -2.53. The van der Waals surface area contributed by atoms with E-state index in [4.69, 9.17) is 6.42 Å². The van der Waals surface area contributed by atoms with E-state index < -0.39 is 29.8 Å². The van der Waals surface area contributed by atoms with Gasteiger partial charge in [0.15, 0.2) is 0 Å². The van der Waals surface area contributed by atoms with Gasteiger partial charge < -0.3 is 0 Å². The van der Waals surface area contributed by atoms with Crippen LogP contribution in [0.25, 0.3) is 0 Å². The lowest BCUT2D eigenvalue weighted by atomic mass is 10.2. The molecule has 1 rings (SSSR count). The number of rotatable bonds is 1. The van der Waals surface area contributed by atoms with Crippen LogP contribution in [-0.4, -0.2) is 29.8 Å². The molecule has 34 heavy (non-hydrogen) atoms. The fraction of sp³-hybridized carbons (Fsp3) is 0.333. The molecule has 1 aliphatic rings. The summed E-state index contributed by atoms with van der Waals surface area (Å²) in [5.41, 5.74) is 0. The van der Waals surface area contributed by atoms with Crippen molar-refractivity contribution in [3.05, 3.63) is 0 Å². The van der Waals surface area contributed by atoms with Crippen LogP contribution in [0, 0.1) is 95.2 Å². The number of hydrogen-bond donors (Lipinski definition) is 0. The van der Waals surface area contributed by atoms with Gasteiger partial charge in [0.05, 0.1) is 0 Å². The molecule has 0 radical (unpaired) electrons. The normalized spacial score (nSPS) is 21.1. The van der Waals surface area contributed by atoms with E-state index in [-0.39, 0.29) is 13.8 Å². The Kier molecular flexibility index (Phi) is 10.7. The van der Waals surface area contributed by atoms with E-state index in [9.17, 15) is 35.1 Å². The van der Waals surface area contributed by atoms with Crippen molar-refractivity contribution in [3.63, 3.8) is 0 Å². The van der Waals surface area contributed by atoms with Crippen molar-refractivity contribution in [2.75, 3.05) is 0 Å². The molecule has 1 saturated heterocycles. The molecule has 2 unspecified atom stereocenters. The fourth-order valence-electron chi connectivity index (χ4n) is 1.50. The summed E-state index contributed by atoms with van der Waals surface area (Å²) >= 11 is 0. The first kappa shape index (κ1) is 29.8. The molecule has 1 fully saturated rings. The summed E-state index contributed by atoms with van der Waals surface area (Å²) in [5, 5.41) is 0. The lowest BCUT2D eigenvalue weighted by molar-refractivity contribution is -0.395. The molecule has 0 aromatic carbocycles. The van der Waals surface area contributed by atoms with Crippen molar-refractivity contribution in [3.8, 4) is 95.2 Å². The maximum atomic E-state index is 13.1. The van der Waals surface area contributed by atoms with Gasteiger partial charge in [0.25, 0.3) is 5.92 Å². The monoisotopic (exact) mass is 482 g/mol. The van der Waals surface area contributed by atoms with Crippen LogP contribution in [-0.2, 0) is 9.47 Å². The molecule has 0 saturated carbocycles. The van der Waals surface area contributed by atoms with E-state index in [0.717, 1.165) is 0 Å². The van der Waals surface area contributed by atoms with Gasteiger partial charge in [-0.3, -0.25) is 9.47 Å². The third kappa shape index (κ3) is 8.41. The number of alkyl halides is 8. The maximum absolute atomic E-state index is 13.1. The molecule has 0 aromatic rings. The van der Waals surface area contributed by atoms with Crippen molar-refractivity contribution >= 4 is 0 Å². The largest absolute Gasteiger partial charge is 0.458 e. The van der Waals surface area contributed by atoms with Crippen molar-refractivity contribution < 1.29 is 44.6 Å². The number of hydrogen-bond acceptors (Lipinski definition) is 2. The summed E-state index contributed by atoms with van der Waals surface area (Å²) < 4.78 is 107. The Morgan fingerprint density at radius 2 is 1.00 bits per heavy atom. The predicted octanol–water partition coefficient (Wildman–Crippen LogP) is 3.89. The van der Waals surface area contributed by atoms with E-state index in [1.807, 2.05) is 0 Å². The zero-order chi connectivity index (χ0) is 26.5. The Hall–Kier alpha value is -4.16. The van der Waals surface area contributed by atoms with Gasteiger partial charge in [-0.2, -0.15) is 26.3 Å². The van der Waals surface area contributed by atoms with Crippen LogP contribution in [0.5, 0.6) is 0 Å². The average molecular weight is 482 g/mol. The molecule has 0 aliphatic carbocycles. The summed E-state index contributed by atoms with van der Waals surface area (Å²) in [5.74, 6) is 23.3. The average Bonchev–Trinajstić information content (AvgIpc) is 2.91. The highest BCUT2D eigenvalue weighted by Crippen LogP contribution is 2.58. The van der Waals surface area contributed by atoms with E-state index in [0.29, 0.717) is 0 Å². The minimum absolute atomic E-state index is 0.0365. The molecule has 0 amide bonds. The topological polar surface area (TPSA) is 18.5 Å². The first-order valence-corrected chi connectivity index (χ1v) is 8.37. The molecular formula is C24H10F8O2. The zero-order valence-corrected chi connectivity index (χ0v) is 17.4. The third-order valence-electron chi connectivity index (χ3n) is 3.14. The van der Waals surface area contributed by atoms with E-state index in [1.54, 1.807) is 6.92 Å². The van der Waals surface area contributed by atoms with Gasteiger partial charge in [-0.15, -0.1) is 6.42 Å². The first-order chi connectivity index (χ1) is 15.6. The smallest absolute Gasteiger partial charge is 0.293 e. The summed E-state index contributed by atoms with van der Waals surface area (Å²) in [6, 6.07) is 0. The SMILES string of the molecule is C#CC#CC#CC#CC#CC#CC#CC#CC.CC(F)(F)C1(C)OC(F)(F)C(F)(C(F)(F)F)O1. The van der Waals surface area contributed by atoms with E-state index in [1.165, 1.54) is 0 Å². The quantitative estimate of drug-likeness (QED) is 0.417. The highest BCUT2D eigenvalue weighted by molar-refractivity contribution is 5.45. The molecule has 0 bridgehead atoms. The Bertz CT molecular complexity index is 1250. The number of halogens is 8. The Morgan fingerprint density at radius 1 is 0.647 bits per heavy atom. The second-order valence-corrected chi connectivity index (χ2v) is 5.67. The van der Waals surface area contributed by atoms with Gasteiger partial charge in [0.1, 0.15) is 0 Å². The summed E-state index contributed by atoms with van der Waals surface area (Å²) in [7, 11) is 0. The molecule has 1 aliphatic heterocycles. The third-order valence-corrected chi connectivity index (χ3v) is 3.14. The van der Waals surface area contributed by atoms with Crippen molar-refractivity contribution in [1.82, 2.24) is 0 Å². The molecule has 0 aromatic heterocycles. The summed E-state index contributed by atoms with van der Waals surface area (Å²) in [6.45, 7) is 1.76. The van der Waals surface area contributed by atoms with Crippen molar-refractivity contribution in [1.29, 1.82) is 0 Å². The number of ether oxygens (including phenoxy) is 2. The van der Waals surface area contributed by atoms with Crippen LogP contribution in [0.1, 0.15) is 20.8 Å². The van der Waals surface area contributed by atoms with Crippen LogP contribution in [0.15, 0.2) is 0 Å². The maximum Gasteiger partial charge on any atom is 0.458 e. The highest BCUT2D eigenvalue weighted by Gasteiger charge is 2.84. The minimum atomic E-state index is -6.22. The second kappa shape index (κ2) is 12.2. The predicted molar refractivity (Wildman–Crippen MR) is 105 cm³/mol.